The topological polar surface area (TPSA) is 104 Å². The maximum Gasteiger partial charge on any atom is 0.319 e. The van der Waals surface area contributed by atoms with E-state index in [9.17, 15) is 9.50 Å². The predicted molar refractivity (Wildman–Crippen MR) is 159 cm³/mol. The molecular weight excluding hydrogens is 570 g/mol. The van der Waals surface area contributed by atoms with Crippen LogP contribution < -0.4 is 30.3 Å². The summed E-state index contributed by atoms with van der Waals surface area (Å²) < 4.78 is 37.9. The molecule has 228 valence electrons. The minimum Gasteiger partial charge on any atom is -0.508 e. The molecule has 1 aromatic heterocycles. The van der Waals surface area contributed by atoms with Gasteiger partial charge in [0.05, 0.1) is 16.5 Å². The molecular formula is C32H32F2N6O4. The molecule has 4 atom stereocenters. The number of phenolic OH excluding ortho intramolecular Hbond substituents is 1. The number of hydrogen-bond donors (Lipinski definition) is 3. The van der Waals surface area contributed by atoms with Gasteiger partial charge in [-0.2, -0.15) is 9.97 Å². The fourth-order valence-corrected chi connectivity index (χ4v) is 8.19. The van der Waals surface area contributed by atoms with Gasteiger partial charge in [0.2, 0.25) is 11.5 Å². The number of nitrogens with zero attached hydrogens (tertiary/aromatic N) is 4. The molecule has 0 amide bonds. The minimum atomic E-state index is -0.896. The quantitative estimate of drug-likeness (QED) is 0.305. The van der Waals surface area contributed by atoms with E-state index in [1.807, 2.05) is 24.3 Å². The van der Waals surface area contributed by atoms with Gasteiger partial charge in [-0.1, -0.05) is 24.3 Å². The van der Waals surface area contributed by atoms with Crippen LogP contribution in [0, 0.1) is 5.82 Å². The van der Waals surface area contributed by atoms with Crippen molar-refractivity contribution in [3.63, 3.8) is 0 Å². The van der Waals surface area contributed by atoms with Crippen molar-refractivity contribution < 1.29 is 28.3 Å². The normalized spacial score (nSPS) is 27.5. The zero-order valence-electron chi connectivity index (χ0n) is 24.0. The van der Waals surface area contributed by atoms with Crippen LogP contribution in [0.25, 0.3) is 32.8 Å². The smallest absolute Gasteiger partial charge is 0.319 e. The number of aromatic hydroxyl groups is 1. The number of benzene rings is 3. The van der Waals surface area contributed by atoms with Gasteiger partial charge in [-0.15, -0.1) is 0 Å². The molecule has 4 saturated heterocycles. The third-order valence-corrected chi connectivity index (χ3v) is 10.1. The highest BCUT2D eigenvalue weighted by atomic mass is 19.1. The molecule has 5 aliphatic heterocycles. The molecule has 0 spiro atoms. The Bertz CT molecular complexity index is 1810. The maximum absolute atomic E-state index is 17.1. The molecule has 6 heterocycles. The summed E-state index contributed by atoms with van der Waals surface area (Å²) in [6.07, 6.45) is 3.44. The Morgan fingerprint density at radius 3 is 2.75 bits per heavy atom. The van der Waals surface area contributed by atoms with Gasteiger partial charge in [0, 0.05) is 49.3 Å². The van der Waals surface area contributed by atoms with Crippen LogP contribution in [0.1, 0.15) is 32.1 Å². The molecule has 12 heteroatoms. The van der Waals surface area contributed by atoms with Crippen LogP contribution in [0.4, 0.5) is 14.6 Å². The molecule has 0 unspecified atom stereocenters. The van der Waals surface area contributed by atoms with Crippen LogP contribution in [0.15, 0.2) is 36.4 Å². The van der Waals surface area contributed by atoms with E-state index in [-0.39, 0.29) is 40.9 Å². The molecule has 10 nitrogen and oxygen atoms in total. The fourth-order valence-electron chi connectivity index (χ4n) is 8.19. The fraction of sp³-hybridized carbons (Fsp3) is 0.438. The summed E-state index contributed by atoms with van der Waals surface area (Å²) in [5.41, 5.74) is 2.62. The molecule has 3 aromatic carbocycles. The lowest BCUT2D eigenvalue weighted by Crippen LogP contribution is -2.51. The first-order chi connectivity index (χ1) is 21.5. The van der Waals surface area contributed by atoms with Gasteiger partial charge in [-0.05, 0) is 55.1 Å². The molecule has 4 aromatic rings. The number of anilines is 1. The lowest BCUT2D eigenvalue weighted by Gasteiger charge is -2.34. The highest BCUT2D eigenvalue weighted by Crippen LogP contribution is 2.52. The van der Waals surface area contributed by atoms with Crippen molar-refractivity contribution in [2.45, 2.75) is 55.9 Å². The Hall–Kier alpha value is -4.00. The van der Waals surface area contributed by atoms with Crippen molar-refractivity contribution in [2.75, 3.05) is 37.7 Å². The molecule has 4 fully saturated rings. The molecule has 0 radical (unpaired) electrons. The van der Waals surface area contributed by atoms with Crippen LogP contribution >= 0.6 is 0 Å². The number of fused-ring (bicyclic) bond motifs is 7. The molecule has 5 aliphatic rings. The van der Waals surface area contributed by atoms with E-state index in [0.29, 0.717) is 54.9 Å². The number of hydrogen-bond acceptors (Lipinski definition) is 10. The number of alkyl halides is 1. The number of phenols is 1. The summed E-state index contributed by atoms with van der Waals surface area (Å²) in [6, 6.07) is 11.2. The second-order valence-electron chi connectivity index (χ2n) is 12.8. The first-order valence-electron chi connectivity index (χ1n) is 15.4. The van der Waals surface area contributed by atoms with Crippen LogP contribution in [0.5, 0.6) is 23.3 Å². The van der Waals surface area contributed by atoms with E-state index in [2.05, 4.69) is 25.7 Å². The second-order valence-corrected chi connectivity index (χ2v) is 12.8. The van der Waals surface area contributed by atoms with Crippen molar-refractivity contribution in [1.82, 2.24) is 25.8 Å². The summed E-state index contributed by atoms with van der Waals surface area (Å²) in [6.45, 7) is 2.84. The van der Waals surface area contributed by atoms with Crippen LogP contribution in [0.2, 0.25) is 0 Å². The summed E-state index contributed by atoms with van der Waals surface area (Å²) in [5, 5.41) is 16.1. The number of aromatic nitrogens is 2. The van der Waals surface area contributed by atoms with E-state index in [1.54, 1.807) is 6.07 Å². The minimum absolute atomic E-state index is 0.00869. The summed E-state index contributed by atoms with van der Waals surface area (Å²) >= 11 is 0. The number of piperazine rings is 1. The largest absolute Gasteiger partial charge is 0.508 e. The van der Waals surface area contributed by atoms with Crippen molar-refractivity contribution >= 4 is 27.5 Å². The number of ether oxygens (including phenoxy) is 1. The van der Waals surface area contributed by atoms with Crippen molar-refractivity contribution in [2.24, 2.45) is 0 Å². The summed E-state index contributed by atoms with van der Waals surface area (Å²) in [7, 11) is 0. The van der Waals surface area contributed by atoms with Crippen LogP contribution in [-0.2, 0) is 0 Å². The first-order valence-corrected chi connectivity index (χ1v) is 15.4. The van der Waals surface area contributed by atoms with E-state index >= 15 is 4.39 Å². The lowest BCUT2D eigenvalue weighted by molar-refractivity contribution is 0.0269. The van der Waals surface area contributed by atoms with E-state index < -0.39 is 17.5 Å². The second kappa shape index (κ2) is 9.75. The van der Waals surface area contributed by atoms with Gasteiger partial charge in [0.1, 0.15) is 29.9 Å². The van der Waals surface area contributed by atoms with Gasteiger partial charge >= 0.3 is 6.01 Å². The van der Waals surface area contributed by atoms with Crippen molar-refractivity contribution in [3.05, 3.63) is 42.2 Å². The third kappa shape index (κ3) is 4.00. The average molecular weight is 603 g/mol. The van der Waals surface area contributed by atoms with Gasteiger partial charge in [-0.25, -0.2) is 8.78 Å². The lowest BCUT2D eigenvalue weighted by atomic mass is 9.94. The van der Waals surface area contributed by atoms with Crippen LogP contribution in [0.3, 0.4) is 0 Å². The predicted octanol–water partition coefficient (Wildman–Crippen LogP) is 4.38. The molecule has 0 saturated carbocycles. The summed E-state index contributed by atoms with van der Waals surface area (Å²) in [5.74, 6) is 0.286. The van der Waals surface area contributed by atoms with Crippen LogP contribution in [-0.4, -0.2) is 76.6 Å². The van der Waals surface area contributed by atoms with Gasteiger partial charge in [0.15, 0.2) is 5.82 Å². The zero-order valence-corrected chi connectivity index (χ0v) is 24.0. The number of nitrogens with one attached hydrogen (secondary N) is 2. The van der Waals surface area contributed by atoms with Gasteiger partial charge in [0.25, 0.3) is 0 Å². The Balaban J connectivity index is 1.24. The van der Waals surface area contributed by atoms with Crippen molar-refractivity contribution in [1.29, 1.82) is 0 Å². The monoisotopic (exact) mass is 602 g/mol. The molecule has 44 heavy (non-hydrogen) atoms. The Kier molecular flexibility index (Phi) is 5.85. The Morgan fingerprint density at radius 2 is 1.89 bits per heavy atom. The Labute approximate surface area is 251 Å². The van der Waals surface area contributed by atoms with Gasteiger partial charge in [-0.3, -0.25) is 4.90 Å². The first kappa shape index (κ1) is 26.4. The molecule has 9 rings (SSSR count). The molecule has 2 bridgehead atoms. The standard InChI is InChI=1S/C32H32F2N6O4/c33-18-12-32(8-3-9-40(32)13-18)16-42-31-36-27-25(30(37-31)39-14-19-6-7-20(15-39)35-19)29-28(43-38-44-29)24(26(27)34)23-11-21(41)10-17-4-1-2-5-22(17)23/h1-2,4-5,10-11,18-20,35,38,41H,3,6-9,12-16H2/t18-,19-,20+,32+/m1/s1. The third-order valence-electron chi connectivity index (χ3n) is 10.1. The molecule has 0 aliphatic carbocycles. The van der Waals surface area contributed by atoms with E-state index in [1.165, 1.54) is 6.07 Å². The van der Waals surface area contributed by atoms with E-state index in [4.69, 9.17) is 19.4 Å². The highest BCUT2D eigenvalue weighted by Gasteiger charge is 2.49. The Morgan fingerprint density at radius 1 is 1.07 bits per heavy atom. The summed E-state index contributed by atoms with van der Waals surface area (Å²) in [4.78, 5) is 25.4. The SMILES string of the molecule is Oc1cc(-c2c3c(c4c(N5C[C@H]6CC[C@@H](C5)N6)nc(OC[C@@]56CCCN5C[C@H](F)C6)nc4c2F)ONO3)c2ccccc2c1. The average Bonchev–Trinajstić information content (AvgIpc) is 3.79. The number of rotatable bonds is 5. The highest BCUT2D eigenvalue weighted by molar-refractivity contribution is 6.06. The molecule has 3 N–H and O–H groups in total. The maximum atomic E-state index is 17.1. The van der Waals surface area contributed by atoms with Gasteiger partial charge < -0.3 is 29.7 Å². The number of halogens is 2. The van der Waals surface area contributed by atoms with E-state index in [0.717, 1.165) is 43.0 Å². The zero-order chi connectivity index (χ0) is 29.6. The van der Waals surface area contributed by atoms with Crippen molar-refractivity contribution in [3.8, 4) is 34.4 Å².